The Morgan fingerprint density at radius 3 is 2.48 bits per heavy atom. The highest BCUT2D eigenvalue weighted by Crippen LogP contribution is 2.40. The highest BCUT2D eigenvalue weighted by Gasteiger charge is 2.45. The minimum Gasteiger partial charge on any atom is -0.507 e. The van der Waals surface area contributed by atoms with Gasteiger partial charge in [0.15, 0.2) is 11.6 Å². The van der Waals surface area contributed by atoms with E-state index in [-0.39, 0.29) is 23.4 Å². The van der Waals surface area contributed by atoms with Gasteiger partial charge in [0.2, 0.25) is 0 Å². The van der Waals surface area contributed by atoms with Crippen LogP contribution < -0.4 is 9.47 Å². The lowest BCUT2D eigenvalue weighted by Gasteiger charge is -2.25. The fraction of sp³-hybridized carbons (Fsp3) is 0.194. The van der Waals surface area contributed by atoms with E-state index in [9.17, 15) is 19.1 Å². The maximum Gasteiger partial charge on any atom is 0.295 e. The normalized spacial score (nSPS) is 16.4. The summed E-state index contributed by atoms with van der Waals surface area (Å²) in [5, 5.41) is 11.2. The van der Waals surface area contributed by atoms with Crippen molar-refractivity contribution in [3.8, 4) is 11.5 Å². The first-order valence-corrected chi connectivity index (χ1v) is 12.8. The van der Waals surface area contributed by atoms with E-state index in [1.54, 1.807) is 36.8 Å². The summed E-state index contributed by atoms with van der Waals surface area (Å²) in [5.74, 6) is -2.09. The van der Waals surface area contributed by atoms with E-state index in [1.807, 2.05) is 41.1 Å². The minimum absolute atomic E-state index is 0.000792. The number of ketones is 1. The van der Waals surface area contributed by atoms with Crippen LogP contribution in [0.5, 0.6) is 11.5 Å². The molecule has 0 bridgehead atoms. The first-order chi connectivity index (χ1) is 19.5. The number of amides is 1. The number of Topliss-reactive ketones (excluding diaryl/α,β-unsaturated/α-hetero) is 1. The van der Waals surface area contributed by atoms with Gasteiger partial charge in [-0.25, -0.2) is 9.37 Å². The molecule has 40 heavy (non-hydrogen) atoms. The van der Waals surface area contributed by atoms with Crippen molar-refractivity contribution in [3.05, 3.63) is 120 Å². The van der Waals surface area contributed by atoms with Gasteiger partial charge in [0.05, 0.1) is 25.1 Å². The van der Waals surface area contributed by atoms with Crippen LogP contribution in [0.1, 0.15) is 29.2 Å². The van der Waals surface area contributed by atoms with Crippen LogP contribution in [0.15, 0.2) is 97.1 Å². The highest BCUT2D eigenvalue weighted by atomic mass is 19.1. The number of aryl methyl sites for hydroxylation is 1. The lowest BCUT2D eigenvalue weighted by molar-refractivity contribution is -0.139. The number of hydrogen-bond donors (Lipinski definition) is 1. The quantitative estimate of drug-likeness (QED) is 0.170. The van der Waals surface area contributed by atoms with E-state index in [1.165, 1.54) is 24.1 Å². The van der Waals surface area contributed by atoms with Gasteiger partial charge < -0.3 is 24.0 Å². The second-order valence-electron chi connectivity index (χ2n) is 9.34. The molecule has 3 aromatic carbocycles. The van der Waals surface area contributed by atoms with Gasteiger partial charge in [0.1, 0.15) is 18.1 Å². The molecule has 1 amide bonds. The van der Waals surface area contributed by atoms with Gasteiger partial charge in [-0.2, -0.15) is 0 Å². The second kappa shape index (κ2) is 11.9. The van der Waals surface area contributed by atoms with E-state index in [0.29, 0.717) is 30.9 Å². The first kappa shape index (κ1) is 26.7. The zero-order chi connectivity index (χ0) is 28.1. The summed E-state index contributed by atoms with van der Waals surface area (Å²) in [5.41, 5.74) is 1.60. The van der Waals surface area contributed by atoms with Crippen molar-refractivity contribution < 1.29 is 28.6 Å². The van der Waals surface area contributed by atoms with Gasteiger partial charge >= 0.3 is 0 Å². The molecule has 5 rings (SSSR count). The number of halogens is 1. The number of nitrogens with zero attached hydrogens (tertiary/aromatic N) is 3. The average Bonchev–Trinajstić information content (AvgIpc) is 3.59. The Bertz CT molecular complexity index is 1520. The van der Waals surface area contributed by atoms with Gasteiger partial charge in [0.25, 0.3) is 11.7 Å². The number of carbonyl (C=O) groups is 2. The zero-order valence-corrected chi connectivity index (χ0v) is 21.9. The number of imidazole rings is 1. The van der Waals surface area contributed by atoms with Crippen LogP contribution in [0.2, 0.25) is 0 Å². The molecule has 1 fully saturated rings. The molecule has 2 heterocycles. The molecule has 0 spiro atoms. The number of carbonyl (C=O) groups excluding carboxylic acids is 2. The molecule has 1 aromatic heterocycles. The molecule has 9 heteroatoms. The molecule has 1 aliphatic heterocycles. The highest BCUT2D eigenvalue weighted by molar-refractivity contribution is 6.46. The number of likely N-dealkylation sites (tertiary alicyclic amines) is 1. The molecular weight excluding hydrogens is 513 g/mol. The Balaban J connectivity index is 1.46. The smallest absolute Gasteiger partial charge is 0.295 e. The molecule has 8 nitrogen and oxygen atoms in total. The fourth-order valence-electron chi connectivity index (χ4n) is 4.76. The SMILES string of the molecule is COc1ccc(C(O)=C2C(=O)C(=O)N(CCCn3ccnc3)[C@H]2c2ccc(OCc3ccccc3)cc2)cc1F. The number of ether oxygens (including phenoxy) is 2. The zero-order valence-electron chi connectivity index (χ0n) is 21.9. The van der Waals surface area contributed by atoms with E-state index in [2.05, 4.69) is 4.98 Å². The van der Waals surface area contributed by atoms with Gasteiger partial charge in [0, 0.05) is 31.0 Å². The topological polar surface area (TPSA) is 93.9 Å². The van der Waals surface area contributed by atoms with E-state index in [0.717, 1.165) is 11.6 Å². The van der Waals surface area contributed by atoms with Crippen molar-refractivity contribution in [2.75, 3.05) is 13.7 Å². The Kier molecular flexibility index (Phi) is 7.91. The van der Waals surface area contributed by atoms with E-state index in [4.69, 9.17) is 9.47 Å². The van der Waals surface area contributed by atoms with Crippen LogP contribution in [0.3, 0.4) is 0 Å². The molecule has 1 aliphatic rings. The summed E-state index contributed by atoms with van der Waals surface area (Å²) in [6, 6.07) is 19.8. The summed E-state index contributed by atoms with van der Waals surface area (Å²) in [6.45, 7) is 1.23. The first-order valence-electron chi connectivity index (χ1n) is 12.8. The number of aromatic nitrogens is 2. The Labute approximate surface area is 230 Å². The van der Waals surface area contributed by atoms with Crippen LogP contribution in [0.25, 0.3) is 5.76 Å². The van der Waals surface area contributed by atoms with Crippen molar-refractivity contribution in [3.63, 3.8) is 0 Å². The Morgan fingerprint density at radius 2 is 1.80 bits per heavy atom. The van der Waals surface area contributed by atoms with Crippen LogP contribution >= 0.6 is 0 Å². The van der Waals surface area contributed by atoms with E-state index >= 15 is 0 Å². The third-order valence-electron chi connectivity index (χ3n) is 6.78. The number of methoxy groups -OCH3 is 1. The molecule has 204 valence electrons. The molecule has 1 atom stereocenters. The number of benzene rings is 3. The molecular formula is C31H28FN3O5. The number of rotatable bonds is 10. The van der Waals surface area contributed by atoms with Crippen molar-refractivity contribution in [2.45, 2.75) is 25.6 Å². The summed E-state index contributed by atoms with van der Waals surface area (Å²) in [6.07, 6.45) is 5.72. The fourth-order valence-corrected chi connectivity index (χ4v) is 4.76. The number of hydrogen-bond acceptors (Lipinski definition) is 6. The average molecular weight is 542 g/mol. The van der Waals surface area contributed by atoms with Crippen molar-refractivity contribution in [1.82, 2.24) is 14.5 Å². The number of aliphatic hydroxyl groups excluding tert-OH is 1. The monoisotopic (exact) mass is 541 g/mol. The second-order valence-corrected chi connectivity index (χ2v) is 9.34. The number of aliphatic hydroxyl groups is 1. The molecule has 4 aromatic rings. The summed E-state index contributed by atoms with van der Waals surface area (Å²) in [4.78, 5) is 32.0. The van der Waals surface area contributed by atoms with Crippen molar-refractivity contribution in [2.24, 2.45) is 0 Å². The van der Waals surface area contributed by atoms with Gasteiger partial charge in [-0.1, -0.05) is 42.5 Å². The summed E-state index contributed by atoms with van der Waals surface area (Å²) >= 11 is 0. The van der Waals surface area contributed by atoms with Crippen molar-refractivity contribution >= 4 is 17.4 Å². The molecule has 1 saturated heterocycles. The van der Waals surface area contributed by atoms with Gasteiger partial charge in [-0.05, 0) is 47.9 Å². The predicted octanol–water partition coefficient (Wildman–Crippen LogP) is 5.12. The van der Waals surface area contributed by atoms with Crippen LogP contribution in [0, 0.1) is 5.82 Å². The molecule has 0 radical (unpaired) electrons. The molecule has 0 aliphatic carbocycles. The van der Waals surface area contributed by atoms with Crippen LogP contribution in [-0.4, -0.2) is 44.9 Å². The molecule has 0 saturated carbocycles. The summed E-state index contributed by atoms with van der Waals surface area (Å²) in [7, 11) is 1.33. The lowest BCUT2D eigenvalue weighted by atomic mass is 9.95. The van der Waals surface area contributed by atoms with Crippen LogP contribution in [0.4, 0.5) is 4.39 Å². The third kappa shape index (κ3) is 5.58. The lowest BCUT2D eigenvalue weighted by Crippen LogP contribution is -2.31. The minimum atomic E-state index is -0.865. The maximum absolute atomic E-state index is 14.5. The van der Waals surface area contributed by atoms with E-state index < -0.39 is 29.3 Å². The Morgan fingerprint density at radius 1 is 1.02 bits per heavy atom. The molecule has 1 N–H and O–H groups in total. The van der Waals surface area contributed by atoms with Gasteiger partial charge in [-0.15, -0.1) is 0 Å². The standard InChI is InChI=1S/C31H28FN3O5/c1-39-26-13-10-23(18-25(26)32)29(36)27-28(35(31(38)30(27)37)16-5-15-34-17-14-33-20-34)22-8-11-24(12-9-22)40-19-21-6-3-2-4-7-21/h2-4,6-14,17-18,20,28,36H,5,15-16,19H2,1H3/t28-/m0/s1. The largest absolute Gasteiger partial charge is 0.507 e. The maximum atomic E-state index is 14.5. The third-order valence-corrected chi connectivity index (χ3v) is 6.78. The van der Waals surface area contributed by atoms with Crippen LogP contribution in [-0.2, 0) is 22.7 Å². The molecule has 0 unspecified atom stereocenters. The Hall–Kier alpha value is -4.92. The van der Waals surface area contributed by atoms with Gasteiger partial charge in [-0.3, -0.25) is 9.59 Å². The predicted molar refractivity (Wildman–Crippen MR) is 146 cm³/mol. The van der Waals surface area contributed by atoms with Crippen molar-refractivity contribution in [1.29, 1.82) is 0 Å². The summed E-state index contributed by atoms with van der Waals surface area (Å²) < 4.78 is 27.2.